The summed E-state index contributed by atoms with van der Waals surface area (Å²) in [6.45, 7) is 5.27. The monoisotopic (exact) mass is 526 g/mol. The standard InChI is InChI=1S/C26H28F2N6O2S/c1-26(2,32(3)4)11-17(12-29)24(36)33-13-16(14-33)15-34-19-8-6-5-7-18(19)30-25(34)31-23(35)21-10-9-20(37-21)22(27)28/h5-11,16,22H,13-15H2,1-4H3,(H,30,31,35). The Morgan fingerprint density at radius 2 is 1.97 bits per heavy atom. The fraction of sp³-hybridized carbons (Fsp3) is 0.385. The van der Waals surface area contributed by atoms with Gasteiger partial charge in [0.1, 0.15) is 11.6 Å². The summed E-state index contributed by atoms with van der Waals surface area (Å²) >= 11 is 0.746. The maximum absolute atomic E-state index is 13.0. The third-order valence-electron chi connectivity index (χ3n) is 6.63. The predicted octanol–water partition coefficient (Wildman–Crippen LogP) is 4.54. The Bertz CT molecular complexity index is 1400. The number of thiophene rings is 1. The number of carbonyl (C=O) groups excluding carboxylic acids is 2. The van der Waals surface area contributed by atoms with Crippen LogP contribution in [0.1, 0.15) is 34.8 Å². The molecule has 1 aromatic carbocycles. The van der Waals surface area contributed by atoms with Crippen molar-refractivity contribution in [1.29, 1.82) is 5.26 Å². The lowest BCUT2D eigenvalue weighted by Crippen LogP contribution is -2.52. The van der Waals surface area contributed by atoms with Gasteiger partial charge in [0.15, 0.2) is 0 Å². The molecule has 0 atom stereocenters. The molecule has 0 saturated carbocycles. The Balaban J connectivity index is 1.49. The van der Waals surface area contributed by atoms with Crippen LogP contribution in [0.4, 0.5) is 14.7 Å². The average Bonchev–Trinajstić information content (AvgIpc) is 3.44. The third kappa shape index (κ3) is 5.55. The van der Waals surface area contributed by atoms with Gasteiger partial charge in [0.05, 0.1) is 20.8 Å². The molecule has 0 bridgehead atoms. The highest BCUT2D eigenvalue weighted by atomic mass is 32.1. The number of imidazole rings is 1. The Kier molecular flexibility index (Phi) is 7.43. The van der Waals surface area contributed by atoms with Gasteiger partial charge in [-0.1, -0.05) is 12.1 Å². The van der Waals surface area contributed by atoms with Crippen LogP contribution in [0.5, 0.6) is 0 Å². The lowest BCUT2D eigenvalue weighted by molar-refractivity contribution is -0.133. The minimum atomic E-state index is -2.63. The molecule has 0 aliphatic carbocycles. The maximum Gasteiger partial charge on any atom is 0.272 e. The van der Waals surface area contributed by atoms with Gasteiger partial charge in [-0.25, -0.2) is 13.8 Å². The number of aromatic nitrogens is 2. The van der Waals surface area contributed by atoms with E-state index in [1.54, 1.807) is 11.0 Å². The highest BCUT2D eigenvalue weighted by Crippen LogP contribution is 2.29. The number of rotatable bonds is 8. The van der Waals surface area contributed by atoms with Crippen LogP contribution in [-0.2, 0) is 11.3 Å². The summed E-state index contributed by atoms with van der Waals surface area (Å²) in [6, 6.07) is 12.1. The predicted molar refractivity (Wildman–Crippen MR) is 138 cm³/mol. The number of fused-ring (bicyclic) bond motifs is 1. The molecule has 0 spiro atoms. The third-order valence-corrected chi connectivity index (χ3v) is 7.72. The van der Waals surface area contributed by atoms with Gasteiger partial charge in [0, 0.05) is 31.1 Å². The van der Waals surface area contributed by atoms with Gasteiger partial charge in [-0.3, -0.25) is 14.9 Å². The van der Waals surface area contributed by atoms with E-state index in [1.165, 1.54) is 12.1 Å². The smallest absolute Gasteiger partial charge is 0.272 e. The molecule has 194 valence electrons. The van der Waals surface area contributed by atoms with Crippen LogP contribution in [0.15, 0.2) is 48.0 Å². The van der Waals surface area contributed by atoms with Crippen molar-refractivity contribution in [3.8, 4) is 6.07 Å². The van der Waals surface area contributed by atoms with Crippen molar-refractivity contribution >= 4 is 40.1 Å². The summed E-state index contributed by atoms with van der Waals surface area (Å²) in [6.07, 6.45) is -0.949. The van der Waals surface area contributed by atoms with E-state index in [0.717, 1.165) is 16.9 Å². The SMILES string of the molecule is CN(C)C(C)(C)C=C(C#N)C(=O)N1CC(Cn2c(NC(=O)c3ccc(C(F)F)s3)nc3ccccc32)C1. The lowest BCUT2D eigenvalue weighted by atomic mass is 9.96. The van der Waals surface area contributed by atoms with E-state index in [9.17, 15) is 23.6 Å². The van der Waals surface area contributed by atoms with Crippen LogP contribution in [0.25, 0.3) is 11.0 Å². The molecule has 0 radical (unpaired) electrons. The van der Waals surface area contributed by atoms with Gasteiger partial charge >= 0.3 is 0 Å². The van der Waals surface area contributed by atoms with E-state index in [4.69, 9.17) is 0 Å². The number of nitriles is 1. The minimum absolute atomic E-state index is 0.0891. The highest BCUT2D eigenvalue weighted by Gasteiger charge is 2.34. The molecule has 1 aliphatic rings. The first-order chi connectivity index (χ1) is 17.5. The quantitative estimate of drug-likeness (QED) is 0.344. The van der Waals surface area contributed by atoms with Crippen molar-refractivity contribution in [1.82, 2.24) is 19.4 Å². The molecule has 1 fully saturated rings. The fourth-order valence-corrected chi connectivity index (χ4v) is 4.77. The van der Waals surface area contributed by atoms with Crippen molar-refractivity contribution < 1.29 is 18.4 Å². The second kappa shape index (κ2) is 10.4. The number of nitrogens with one attached hydrogen (secondary N) is 1. The fourth-order valence-electron chi connectivity index (χ4n) is 4.01. The second-order valence-electron chi connectivity index (χ2n) is 9.79. The number of para-hydroxylation sites is 2. The first-order valence-corrected chi connectivity index (χ1v) is 12.6. The van der Waals surface area contributed by atoms with E-state index in [0.29, 0.717) is 31.1 Å². The molecular formula is C26H28F2N6O2S. The van der Waals surface area contributed by atoms with Crippen LogP contribution in [0, 0.1) is 17.2 Å². The van der Waals surface area contributed by atoms with Gasteiger partial charge in [-0.15, -0.1) is 11.3 Å². The molecule has 1 saturated heterocycles. The van der Waals surface area contributed by atoms with E-state index in [-0.39, 0.29) is 27.2 Å². The lowest BCUT2D eigenvalue weighted by Gasteiger charge is -2.40. The number of amides is 2. The molecule has 2 aromatic heterocycles. The summed E-state index contributed by atoms with van der Waals surface area (Å²) in [5.41, 5.74) is 1.15. The summed E-state index contributed by atoms with van der Waals surface area (Å²) in [5.74, 6) is -0.407. The number of hydrogen-bond donors (Lipinski definition) is 1. The molecule has 1 aliphatic heterocycles. The normalized spacial score (nSPS) is 14.8. The molecular weight excluding hydrogens is 498 g/mol. The van der Waals surface area contributed by atoms with Crippen LogP contribution in [0.3, 0.4) is 0 Å². The minimum Gasteiger partial charge on any atom is -0.337 e. The summed E-state index contributed by atoms with van der Waals surface area (Å²) in [7, 11) is 3.77. The van der Waals surface area contributed by atoms with Crippen LogP contribution in [0.2, 0.25) is 0 Å². The summed E-state index contributed by atoms with van der Waals surface area (Å²) < 4.78 is 27.8. The van der Waals surface area contributed by atoms with Crippen LogP contribution >= 0.6 is 11.3 Å². The van der Waals surface area contributed by atoms with Crippen LogP contribution in [-0.4, -0.2) is 63.9 Å². The topological polar surface area (TPSA) is 94.3 Å². The molecule has 8 nitrogen and oxygen atoms in total. The number of likely N-dealkylation sites (tertiary alicyclic amines) is 1. The Morgan fingerprint density at radius 3 is 2.59 bits per heavy atom. The zero-order valence-corrected chi connectivity index (χ0v) is 21.9. The number of carbonyl (C=O) groups is 2. The van der Waals surface area contributed by atoms with Gasteiger partial charge < -0.3 is 14.4 Å². The zero-order valence-electron chi connectivity index (χ0n) is 21.0. The second-order valence-corrected chi connectivity index (χ2v) is 10.9. The number of benzene rings is 1. The van der Waals surface area contributed by atoms with Gasteiger partial charge in [-0.05, 0) is 58.3 Å². The van der Waals surface area contributed by atoms with Crippen molar-refractivity contribution in [2.75, 3.05) is 32.5 Å². The van der Waals surface area contributed by atoms with Crippen molar-refractivity contribution in [2.24, 2.45) is 5.92 Å². The molecule has 37 heavy (non-hydrogen) atoms. The van der Waals surface area contributed by atoms with E-state index in [2.05, 4.69) is 10.3 Å². The number of hydrogen-bond acceptors (Lipinski definition) is 6. The first kappa shape index (κ1) is 26.4. The number of alkyl halides is 2. The zero-order chi connectivity index (χ0) is 26.9. The Hall–Kier alpha value is -3.62. The molecule has 3 heterocycles. The molecule has 4 rings (SSSR count). The molecule has 2 amide bonds. The highest BCUT2D eigenvalue weighted by molar-refractivity contribution is 7.14. The Labute approximate surface area is 217 Å². The number of nitrogens with zero attached hydrogens (tertiary/aromatic N) is 5. The van der Waals surface area contributed by atoms with Gasteiger partial charge in [-0.2, -0.15) is 5.26 Å². The van der Waals surface area contributed by atoms with E-state index in [1.807, 2.05) is 67.7 Å². The Morgan fingerprint density at radius 1 is 1.27 bits per heavy atom. The van der Waals surface area contributed by atoms with Crippen LogP contribution < -0.4 is 5.32 Å². The van der Waals surface area contributed by atoms with Crippen molar-refractivity contribution in [2.45, 2.75) is 32.4 Å². The molecule has 1 N–H and O–H groups in total. The van der Waals surface area contributed by atoms with Gasteiger partial charge in [0.2, 0.25) is 5.95 Å². The summed E-state index contributed by atoms with van der Waals surface area (Å²) in [4.78, 5) is 33.8. The number of halogens is 2. The number of anilines is 1. The van der Waals surface area contributed by atoms with Crippen molar-refractivity contribution in [3.63, 3.8) is 0 Å². The van der Waals surface area contributed by atoms with Gasteiger partial charge in [0.25, 0.3) is 18.2 Å². The molecule has 3 aromatic rings. The van der Waals surface area contributed by atoms with E-state index < -0.39 is 17.9 Å². The van der Waals surface area contributed by atoms with Crippen molar-refractivity contribution in [3.05, 3.63) is 57.8 Å². The molecule has 0 unspecified atom stereocenters. The largest absolute Gasteiger partial charge is 0.337 e. The van der Waals surface area contributed by atoms with E-state index >= 15 is 0 Å². The summed E-state index contributed by atoms with van der Waals surface area (Å²) in [5, 5.41) is 12.3. The molecule has 11 heteroatoms. The first-order valence-electron chi connectivity index (χ1n) is 11.7. The maximum atomic E-state index is 13.0. The average molecular weight is 527 g/mol. The number of likely N-dealkylation sites (N-methyl/N-ethyl adjacent to an activating group) is 1.